The van der Waals surface area contributed by atoms with Gasteiger partial charge in [0.1, 0.15) is 0 Å². The average molecular weight is 179 g/mol. The molecule has 0 bridgehead atoms. The Labute approximate surface area is 77.6 Å². The summed E-state index contributed by atoms with van der Waals surface area (Å²) in [6.45, 7) is 4.55. The smallest absolute Gasteiger partial charge is 0.0726 e. The molecule has 1 aromatic rings. The van der Waals surface area contributed by atoms with Crippen molar-refractivity contribution < 1.29 is 4.74 Å². The Balaban J connectivity index is 1.90. The Morgan fingerprint density at radius 2 is 2.15 bits per heavy atom. The molecule has 4 heteroatoms. The standard InChI is InChI=1S/C9H13N3O/c1-2-11-9(7-10-1)8-12-3-5-13-6-4-12/h1-2,7H,3-6,8H2. The predicted octanol–water partition coefficient (Wildman–Crippen LogP) is 0.309. The van der Waals surface area contributed by atoms with E-state index in [9.17, 15) is 0 Å². The van der Waals surface area contributed by atoms with E-state index in [2.05, 4.69) is 14.9 Å². The first-order valence-electron chi connectivity index (χ1n) is 4.50. The summed E-state index contributed by atoms with van der Waals surface area (Å²) in [4.78, 5) is 10.6. The lowest BCUT2D eigenvalue weighted by Gasteiger charge is -2.25. The summed E-state index contributed by atoms with van der Waals surface area (Å²) in [6.07, 6.45) is 5.24. The maximum Gasteiger partial charge on any atom is 0.0726 e. The molecule has 1 saturated heterocycles. The van der Waals surface area contributed by atoms with Crippen molar-refractivity contribution in [2.75, 3.05) is 26.3 Å². The molecule has 0 amide bonds. The zero-order valence-electron chi connectivity index (χ0n) is 7.52. The third-order valence-electron chi connectivity index (χ3n) is 2.11. The molecular formula is C9H13N3O. The molecule has 1 fully saturated rings. The summed E-state index contributed by atoms with van der Waals surface area (Å²) in [6, 6.07) is 0. The lowest BCUT2D eigenvalue weighted by molar-refractivity contribution is 0.0336. The normalized spacial score (nSPS) is 18.8. The Bertz CT molecular complexity index is 246. The van der Waals surface area contributed by atoms with Crippen LogP contribution in [0.5, 0.6) is 0 Å². The predicted molar refractivity (Wildman–Crippen MR) is 48.1 cm³/mol. The van der Waals surface area contributed by atoms with Gasteiger partial charge in [0.2, 0.25) is 0 Å². The first kappa shape index (κ1) is 8.59. The molecule has 2 rings (SSSR count). The van der Waals surface area contributed by atoms with Crippen molar-refractivity contribution in [3.63, 3.8) is 0 Å². The monoisotopic (exact) mass is 179 g/mol. The zero-order chi connectivity index (χ0) is 8.93. The molecule has 1 aliphatic heterocycles. The molecule has 1 aliphatic rings. The van der Waals surface area contributed by atoms with E-state index in [1.807, 2.05) is 6.20 Å². The second-order valence-electron chi connectivity index (χ2n) is 3.09. The van der Waals surface area contributed by atoms with Gasteiger partial charge in [0.15, 0.2) is 0 Å². The van der Waals surface area contributed by atoms with Crippen LogP contribution in [0.2, 0.25) is 0 Å². The van der Waals surface area contributed by atoms with Crippen molar-refractivity contribution in [1.82, 2.24) is 14.9 Å². The highest BCUT2D eigenvalue weighted by atomic mass is 16.5. The molecule has 0 aromatic carbocycles. The summed E-state index contributed by atoms with van der Waals surface area (Å²) in [7, 11) is 0. The van der Waals surface area contributed by atoms with Gasteiger partial charge in [-0.25, -0.2) is 0 Å². The summed E-state index contributed by atoms with van der Waals surface area (Å²) >= 11 is 0. The van der Waals surface area contributed by atoms with Gasteiger partial charge in [-0.05, 0) is 0 Å². The van der Waals surface area contributed by atoms with E-state index in [1.54, 1.807) is 12.4 Å². The summed E-state index contributed by atoms with van der Waals surface area (Å²) in [5, 5.41) is 0. The number of hydrogen-bond acceptors (Lipinski definition) is 4. The maximum atomic E-state index is 5.26. The lowest BCUT2D eigenvalue weighted by atomic mass is 10.3. The van der Waals surface area contributed by atoms with Gasteiger partial charge in [0.05, 0.1) is 18.9 Å². The molecule has 2 heterocycles. The summed E-state index contributed by atoms with van der Waals surface area (Å²) in [5.41, 5.74) is 1.03. The third-order valence-corrected chi connectivity index (χ3v) is 2.11. The molecule has 0 spiro atoms. The minimum atomic E-state index is 0.834. The molecule has 70 valence electrons. The summed E-state index contributed by atoms with van der Waals surface area (Å²) < 4.78 is 5.26. The van der Waals surface area contributed by atoms with Crippen molar-refractivity contribution in [2.45, 2.75) is 6.54 Å². The van der Waals surface area contributed by atoms with Gasteiger partial charge in [0, 0.05) is 38.2 Å². The quantitative estimate of drug-likeness (QED) is 0.655. The molecule has 0 radical (unpaired) electrons. The van der Waals surface area contributed by atoms with Crippen LogP contribution in [0.25, 0.3) is 0 Å². The van der Waals surface area contributed by atoms with E-state index >= 15 is 0 Å². The van der Waals surface area contributed by atoms with E-state index in [4.69, 9.17) is 4.74 Å². The average Bonchev–Trinajstić information content (AvgIpc) is 2.21. The van der Waals surface area contributed by atoms with Gasteiger partial charge in [0.25, 0.3) is 0 Å². The fourth-order valence-electron chi connectivity index (χ4n) is 1.40. The van der Waals surface area contributed by atoms with Crippen molar-refractivity contribution >= 4 is 0 Å². The fourth-order valence-corrected chi connectivity index (χ4v) is 1.40. The fraction of sp³-hybridized carbons (Fsp3) is 0.556. The van der Waals surface area contributed by atoms with Crippen LogP contribution in [0.15, 0.2) is 18.6 Å². The number of morpholine rings is 1. The molecule has 1 aromatic heterocycles. The van der Waals surface area contributed by atoms with Gasteiger partial charge >= 0.3 is 0 Å². The minimum Gasteiger partial charge on any atom is -0.379 e. The van der Waals surface area contributed by atoms with Gasteiger partial charge in [-0.1, -0.05) is 0 Å². The van der Waals surface area contributed by atoms with Crippen LogP contribution < -0.4 is 0 Å². The van der Waals surface area contributed by atoms with Crippen LogP contribution >= 0.6 is 0 Å². The Morgan fingerprint density at radius 3 is 2.85 bits per heavy atom. The van der Waals surface area contributed by atoms with E-state index in [1.165, 1.54) is 0 Å². The molecule has 0 atom stereocenters. The van der Waals surface area contributed by atoms with Crippen LogP contribution in [0, 0.1) is 0 Å². The van der Waals surface area contributed by atoms with Crippen LogP contribution in [-0.4, -0.2) is 41.2 Å². The molecular weight excluding hydrogens is 166 g/mol. The molecule has 13 heavy (non-hydrogen) atoms. The second kappa shape index (κ2) is 4.30. The van der Waals surface area contributed by atoms with Crippen LogP contribution in [0.1, 0.15) is 5.69 Å². The van der Waals surface area contributed by atoms with Gasteiger partial charge in [-0.15, -0.1) is 0 Å². The van der Waals surface area contributed by atoms with Crippen molar-refractivity contribution in [3.8, 4) is 0 Å². The van der Waals surface area contributed by atoms with Crippen LogP contribution in [0.3, 0.4) is 0 Å². The molecule has 0 N–H and O–H groups in total. The topological polar surface area (TPSA) is 38.2 Å². The molecule has 0 saturated carbocycles. The highest BCUT2D eigenvalue weighted by Crippen LogP contribution is 2.02. The molecule has 4 nitrogen and oxygen atoms in total. The number of rotatable bonds is 2. The van der Waals surface area contributed by atoms with E-state index in [0.29, 0.717) is 0 Å². The molecule has 0 unspecified atom stereocenters. The lowest BCUT2D eigenvalue weighted by Crippen LogP contribution is -2.35. The van der Waals surface area contributed by atoms with Gasteiger partial charge < -0.3 is 4.74 Å². The largest absolute Gasteiger partial charge is 0.379 e. The van der Waals surface area contributed by atoms with E-state index in [0.717, 1.165) is 38.5 Å². The zero-order valence-corrected chi connectivity index (χ0v) is 7.52. The number of ether oxygens (including phenoxy) is 1. The Hall–Kier alpha value is -1.00. The Kier molecular flexibility index (Phi) is 2.84. The Morgan fingerprint density at radius 1 is 1.31 bits per heavy atom. The van der Waals surface area contributed by atoms with Gasteiger partial charge in [-0.2, -0.15) is 0 Å². The third kappa shape index (κ3) is 2.47. The number of aromatic nitrogens is 2. The minimum absolute atomic E-state index is 0.834. The maximum absolute atomic E-state index is 5.26. The van der Waals surface area contributed by atoms with Crippen molar-refractivity contribution in [3.05, 3.63) is 24.3 Å². The van der Waals surface area contributed by atoms with Crippen LogP contribution in [-0.2, 0) is 11.3 Å². The van der Waals surface area contributed by atoms with Crippen molar-refractivity contribution in [2.24, 2.45) is 0 Å². The van der Waals surface area contributed by atoms with Gasteiger partial charge in [-0.3, -0.25) is 14.9 Å². The van der Waals surface area contributed by atoms with Crippen LogP contribution in [0.4, 0.5) is 0 Å². The SMILES string of the molecule is c1cnc(CN2CCOCC2)cn1. The van der Waals surface area contributed by atoms with E-state index < -0.39 is 0 Å². The first-order chi connectivity index (χ1) is 6.45. The number of nitrogens with zero attached hydrogens (tertiary/aromatic N) is 3. The molecule has 0 aliphatic carbocycles. The first-order valence-corrected chi connectivity index (χ1v) is 4.50. The summed E-state index contributed by atoms with van der Waals surface area (Å²) in [5.74, 6) is 0. The van der Waals surface area contributed by atoms with E-state index in [-0.39, 0.29) is 0 Å². The van der Waals surface area contributed by atoms with Crippen molar-refractivity contribution in [1.29, 1.82) is 0 Å². The number of hydrogen-bond donors (Lipinski definition) is 0. The highest BCUT2D eigenvalue weighted by Gasteiger charge is 2.10. The second-order valence-corrected chi connectivity index (χ2v) is 3.09. The highest BCUT2D eigenvalue weighted by molar-refractivity contribution is 4.94.